The van der Waals surface area contributed by atoms with Crippen molar-refractivity contribution in [2.75, 3.05) is 0 Å². The lowest BCUT2D eigenvalue weighted by Crippen LogP contribution is -1.83. The Morgan fingerprint density at radius 1 is 1.60 bits per heavy atom. The highest BCUT2D eigenvalue weighted by atomic mass is 32.2. The summed E-state index contributed by atoms with van der Waals surface area (Å²) >= 11 is 5.46. The van der Waals surface area contributed by atoms with E-state index in [9.17, 15) is 4.39 Å². The van der Waals surface area contributed by atoms with Crippen LogP contribution in [0.4, 0.5) is 4.39 Å². The molecule has 0 aliphatic carbocycles. The molecule has 0 saturated heterocycles. The maximum Gasteiger partial charge on any atom is 0.138 e. The Hall–Kier alpha value is -0.0200. The van der Waals surface area contributed by atoms with Crippen molar-refractivity contribution in [2.45, 2.75) is 24.0 Å². The molecule has 0 nitrogen and oxygen atoms in total. The number of hydrogen-bond acceptors (Lipinski definition) is 2. The third-order valence-electron chi connectivity index (χ3n) is 1.22. The lowest BCUT2D eigenvalue weighted by molar-refractivity contribution is 0.607. The largest absolute Gasteiger partial charge is 0.206 e. The van der Waals surface area contributed by atoms with E-state index >= 15 is 0 Å². The highest BCUT2D eigenvalue weighted by molar-refractivity contribution is 7.82. The van der Waals surface area contributed by atoms with Gasteiger partial charge in [-0.05, 0) is 12.0 Å². The summed E-state index contributed by atoms with van der Waals surface area (Å²) in [7, 11) is 0. The summed E-state index contributed by atoms with van der Waals surface area (Å²) < 4.78 is 13.6. The predicted molar refractivity (Wildman–Crippen MR) is 45.6 cm³/mol. The summed E-state index contributed by atoms with van der Waals surface area (Å²) in [6, 6.07) is 1.46. The van der Waals surface area contributed by atoms with E-state index < -0.39 is 0 Å². The van der Waals surface area contributed by atoms with Gasteiger partial charge in [0.2, 0.25) is 0 Å². The standard InChI is InChI=1S/C7H9FS2/c1-4(2)7-5(8)3-6(9)10-7/h3-4,9H,1-2H3. The van der Waals surface area contributed by atoms with Gasteiger partial charge in [0.15, 0.2) is 0 Å². The molecule has 0 spiro atoms. The van der Waals surface area contributed by atoms with E-state index in [2.05, 4.69) is 12.6 Å². The van der Waals surface area contributed by atoms with E-state index in [0.717, 1.165) is 9.09 Å². The first kappa shape index (κ1) is 8.08. The first-order valence-electron chi connectivity index (χ1n) is 3.09. The quantitative estimate of drug-likeness (QED) is 0.624. The van der Waals surface area contributed by atoms with Gasteiger partial charge < -0.3 is 0 Å². The van der Waals surface area contributed by atoms with Crippen molar-refractivity contribution in [3.8, 4) is 0 Å². The maximum absolute atomic E-state index is 12.8. The monoisotopic (exact) mass is 176 g/mol. The van der Waals surface area contributed by atoms with Crippen LogP contribution in [-0.4, -0.2) is 0 Å². The Bertz CT molecular complexity index is 228. The molecule has 0 bridgehead atoms. The van der Waals surface area contributed by atoms with Crippen molar-refractivity contribution in [3.63, 3.8) is 0 Å². The summed E-state index contributed by atoms with van der Waals surface area (Å²) in [5.41, 5.74) is 0. The van der Waals surface area contributed by atoms with Crippen LogP contribution >= 0.6 is 24.0 Å². The molecule has 1 aromatic rings. The zero-order valence-corrected chi connectivity index (χ0v) is 7.60. The molecule has 3 heteroatoms. The second-order valence-corrected chi connectivity index (χ2v) is 4.32. The summed E-state index contributed by atoms with van der Waals surface area (Å²) in [5, 5.41) is 0. The van der Waals surface area contributed by atoms with Crippen LogP contribution in [0.1, 0.15) is 24.6 Å². The molecule has 0 N–H and O–H groups in total. The SMILES string of the molecule is CC(C)c1sc(S)cc1F. The first-order valence-corrected chi connectivity index (χ1v) is 4.36. The zero-order valence-electron chi connectivity index (χ0n) is 5.89. The molecular formula is C7H9FS2. The van der Waals surface area contributed by atoms with Gasteiger partial charge in [-0.3, -0.25) is 0 Å². The van der Waals surface area contributed by atoms with E-state index in [1.165, 1.54) is 17.4 Å². The molecule has 0 unspecified atom stereocenters. The molecule has 0 aromatic carbocycles. The van der Waals surface area contributed by atoms with Crippen molar-refractivity contribution in [2.24, 2.45) is 0 Å². The highest BCUT2D eigenvalue weighted by Gasteiger charge is 2.09. The fraction of sp³-hybridized carbons (Fsp3) is 0.429. The average molecular weight is 176 g/mol. The third-order valence-corrected chi connectivity index (χ3v) is 2.84. The molecule has 1 rings (SSSR count). The smallest absolute Gasteiger partial charge is 0.138 e. The van der Waals surface area contributed by atoms with Gasteiger partial charge in [-0.1, -0.05) is 13.8 Å². The van der Waals surface area contributed by atoms with Gasteiger partial charge in [0.05, 0.1) is 4.21 Å². The zero-order chi connectivity index (χ0) is 7.72. The van der Waals surface area contributed by atoms with Crippen LogP contribution in [0.5, 0.6) is 0 Å². The average Bonchev–Trinajstić information content (AvgIpc) is 2.10. The first-order chi connectivity index (χ1) is 4.61. The summed E-state index contributed by atoms with van der Waals surface area (Å²) in [4.78, 5) is 0.796. The molecule has 0 aliphatic heterocycles. The Morgan fingerprint density at radius 3 is 2.40 bits per heavy atom. The second kappa shape index (κ2) is 2.93. The van der Waals surface area contributed by atoms with Gasteiger partial charge >= 0.3 is 0 Å². The van der Waals surface area contributed by atoms with Crippen LogP contribution in [0, 0.1) is 5.82 Å². The van der Waals surface area contributed by atoms with Crippen LogP contribution in [0.3, 0.4) is 0 Å². The molecule has 10 heavy (non-hydrogen) atoms. The summed E-state index contributed by atoms with van der Waals surface area (Å²) in [6.07, 6.45) is 0. The minimum absolute atomic E-state index is 0.120. The topological polar surface area (TPSA) is 0 Å². The van der Waals surface area contributed by atoms with Gasteiger partial charge in [-0.2, -0.15) is 0 Å². The van der Waals surface area contributed by atoms with Crippen molar-refractivity contribution < 1.29 is 4.39 Å². The molecule has 56 valence electrons. The van der Waals surface area contributed by atoms with E-state index in [1.54, 1.807) is 0 Å². The molecule has 1 aromatic heterocycles. The van der Waals surface area contributed by atoms with E-state index in [4.69, 9.17) is 0 Å². The van der Waals surface area contributed by atoms with Gasteiger partial charge in [0.25, 0.3) is 0 Å². The van der Waals surface area contributed by atoms with Crippen LogP contribution in [0.2, 0.25) is 0 Å². The molecular weight excluding hydrogens is 167 g/mol. The molecule has 0 fully saturated rings. The van der Waals surface area contributed by atoms with Gasteiger partial charge in [-0.15, -0.1) is 24.0 Å². The lowest BCUT2D eigenvalue weighted by atomic mass is 10.2. The van der Waals surface area contributed by atoms with Crippen molar-refractivity contribution >= 4 is 24.0 Å². The van der Waals surface area contributed by atoms with E-state index in [-0.39, 0.29) is 11.7 Å². The minimum Gasteiger partial charge on any atom is -0.206 e. The second-order valence-electron chi connectivity index (χ2n) is 2.45. The highest BCUT2D eigenvalue weighted by Crippen LogP contribution is 2.29. The number of thiophene rings is 1. The van der Waals surface area contributed by atoms with E-state index in [0.29, 0.717) is 0 Å². The predicted octanol–water partition coefficient (Wildman–Crippen LogP) is 3.30. The van der Waals surface area contributed by atoms with Crippen LogP contribution in [0.25, 0.3) is 0 Å². The Labute approximate surface area is 69.5 Å². The summed E-state index contributed by atoms with van der Waals surface area (Å²) in [6.45, 7) is 3.95. The lowest BCUT2D eigenvalue weighted by Gasteiger charge is -1.97. The fourth-order valence-electron chi connectivity index (χ4n) is 0.764. The number of rotatable bonds is 1. The van der Waals surface area contributed by atoms with Crippen LogP contribution in [-0.2, 0) is 0 Å². The number of thiol groups is 1. The fourth-order valence-corrected chi connectivity index (χ4v) is 1.95. The van der Waals surface area contributed by atoms with E-state index in [1.807, 2.05) is 13.8 Å². The van der Waals surface area contributed by atoms with Gasteiger partial charge in [0.1, 0.15) is 5.82 Å². The van der Waals surface area contributed by atoms with Crippen molar-refractivity contribution in [3.05, 3.63) is 16.8 Å². The van der Waals surface area contributed by atoms with Crippen LogP contribution < -0.4 is 0 Å². The molecule has 0 aliphatic rings. The third kappa shape index (κ3) is 1.52. The molecule has 1 heterocycles. The summed E-state index contributed by atoms with van der Waals surface area (Å²) in [5.74, 6) is 0.149. The Kier molecular flexibility index (Phi) is 2.36. The molecule has 0 saturated carbocycles. The van der Waals surface area contributed by atoms with Crippen molar-refractivity contribution in [1.82, 2.24) is 0 Å². The number of hydrogen-bond donors (Lipinski definition) is 1. The van der Waals surface area contributed by atoms with Crippen LogP contribution in [0.15, 0.2) is 10.3 Å². The van der Waals surface area contributed by atoms with Gasteiger partial charge in [0, 0.05) is 4.88 Å². The number of halogens is 1. The van der Waals surface area contributed by atoms with Gasteiger partial charge in [-0.25, -0.2) is 4.39 Å². The molecule has 0 amide bonds. The maximum atomic E-state index is 12.8. The van der Waals surface area contributed by atoms with Crippen molar-refractivity contribution in [1.29, 1.82) is 0 Å². The molecule has 0 radical (unpaired) electrons. The minimum atomic E-state index is -0.120. The Morgan fingerprint density at radius 2 is 2.20 bits per heavy atom. The molecule has 0 atom stereocenters. The normalized spacial score (nSPS) is 10.9. The Balaban J connectivity index is 3.03.